The van der Waals surface area contributed by atoms with Crippen molar-refractivity contribution in [2.75, 3.05) is 6.54 Å². The quantitative estimate of drug-likeness (QED) is 0.833. The number of nitrogens with one attached hydrogen (secondary N) is 1. The van der Waals surface area contributed by atoms with Gasteiger partial charge < -0.3 is 10.4 Å². The monoisotopic (exact) mass is 273 g/mol. The van der Waals surface area contributed by atoms with Gasteiger partial charge in [0.05, 0.1) is 5.60 Å². The van der Waals surface area contributed by atoms with Crippen LogP contribution in [0.3, 0.4) is 0 Å². The zero-order valence-electron chi connectivity index (χ0n) is 11.1. The van der Waals surface area contributed by atoms with Gasteiger partial charge in [-0.2, -0.15) is 0 Å². The Kier molecular flexibility index (Phi) is 5.57. The molecule has 0 aromatic heterocycles. The van der Waals surface area contributed by atoms with Crippen LogP contribution in [-0.4, -0.2) is 17.3 Å². The van der Waals surface area contributed by atoms with Crippen LogP contribution in [-0.2, 0) is 6.54 Å². The lowest BCUT2D eigenvalue weighted by molar-refractivity contribution is 0.0383. The van der Waals surface area contributed by atoms with E-state index in [2.05, 4.69) is 19.2 Å². The molecule has 1 aromatic rings. The summed E-state index contributed by atoms with van der Waals surface area (Å²) in [5.74, 6) is 0.103. The molecule has 102 valence electrons. The van der Waals surface area contributed by atoms with Crippen molar-refractivity contribution in [1.29, 1.82) is 0 Å². The SMILES string of the molecule is CC(C)CC(C)(O)CNCc1ccc(F)cc1Cl. The summed E-state index contributed by atoms with van der Waals surface area (Å²) in [5.41, 5.74) is 0.0964. The fourth-order valence-corrected chi connectivity index (χ4v) is 2.32. The first-order valence-corrected chi connectivity index (χ1v) is 6.55. The summed E-state index contributed by atoms with van der Waals surface area (Å²) in [6.07, 6.45) is 0.733. The molecule has 2 nitrogen and oxygen atoms in total. The molecule has 1 unspecified atom stereocenters. The molecule has 0 aliphatic rings. The summed E-state index contributed by atoms with van der Waals surface area (Å²) >= 11 is 5.92. The predicted molar refractivity (Wildman–Crippen MR) is 73.2 cm³/mol. The van der Waals surface area contributed by atoms with E-state index in [0.717, 1.165) is 12.0 Å². The second kappa shape index (κ2) is 6.50. The van der Waals surface area contributed by atoms with Gasteiger partial charge >= 0.3 is 0 Å². The van der Waals surface area contributed by atoms with Gasteiger partial charge in [-0.1, -0.05) is 31.5 Å². The van der Waals surface area contributed by atoms with E-state index >= 15 is 0 Å². The Morgan fingerprint density at radius 1 is 1.44 bits per heavy atom. The largest absolute Gasteiger partial charge is 0.389 e. The molecule has 0 saturated heterocycles. The molecular weight excluding hydrogens is 253 g/mol. The molecule has 0 amide bonds. The van der Waals surface area contributed by atoms with Gasteiger partial charge in [0.1, 0.15) is 5.82 Å². The molecular formula is C14H21ClFNO. The Morgan fingerprint density at radius 3 is 2.67 bits per heavy atom. The van der Waals surface area contributed by atoms with Crippen LogP contribution in [0.25, 0.3) is 0 Å². The highest BCUT2D eigenvalue weighted by atomic mass is 35.5. The van der Waals surface area contributed by atoms with Crippen LogP contribution in [0.15, 0.2) is 18.2 Å². The van der Waals surface area contributed by atoms with Crippen molar-refractivity contribution in [1.82, 2.24) is 5.32 Å². The van der Waals surface area contributed by atoms with Crippen LogP contribution in [0.2, 0.25) is 5.02 Å². The maximum atomic E-state index is 12.9. The van der Waals surface area contributed by atoms with Crippen molar-refractivity contribution in [2.24, 2.45) is 5.92 Å². The minimum atomic E-state index is -0.735. The normalized spacial score (nSPS) is 14.8. The highest BCUT2D eigenvalue weighted by Gasteiger charge is 2.21. The van der Waals surface area contributed by atoms with E-state index < -0.39 is 5.60 Å². The average Bonchev–Trinajstić information content (AvgIpc) is 2.19. The van der Waals surface area contributed by atoms with E-state index in [-0.39, 0.29) is 5.82 Å². The van der Waals surface area contributed by atoms with Crippen molar-refractivity contribution in [2.45, 2.75) is 39.3 Å². The molecule has 0 saturated carbocycles. The number of benzene rings is 1. The van der Waals surface area contributed by atoms with Gasteiger partial charge in [-0.25, -0.2) is 4.39 Å². The fraction of sp³-hybridized carbons (Fsp3) is 0.571. The molecule has 0 radical (unpaired) electrons. The van der Waals surface area contributed by atoms with Crippen molar-refractivity contribution >= 4 is 11.6 Å². The van der Waals surface area contributed by atoms with Crippen LogP contribution in [0.5, 0.6) is 0 Å². The summed E-state index contributed by atoms with van der Waals surface area (Å²) in [6, 6.07) is 4.34. The van der Waals surface area contributed by atoms with Crippen LogP contribution < -0.4 is 5.32 Å². The van der Waals surface area contributed by atoms with Gasteiger partial charge in [0.15, 0.2) is 0 Å². The third kappa shape index (κ3) is 5.34. The Hall–Kier alpha value is -0.640. The lowest BCUT2D eigenvalue weighted by Crippen LogP contribution is -2.38. The highest BCUT2D eigenvalue weighted by Crippen LogP contribution is 2.18. The van der Waals surface area contributed by atoms with Crippen molar-refractivity contribution < 1.29 is 9.50 Å². The number of aliphatic hydroxyl groups is 1. The first-order valence-electron chi connectivity index (χ1n) is 6.17. The van der Waals surface area contributed by atoms with E-state index in [0.29, 0.717) is 24.0 Å². The van der Waals surface area contributed by atoms with Crippen LogP contribution in [0.1, 0.15) is 32.8 Å². The molecule has 2 N–H and O–H groups in total. The number of hydrogen-bond donors (Lipinski definition) is 2. The number of hydrogen-bond acceptors (Lipinski definition) is 2. The smallest absolute Gasteiger partial charge is 0.124 e. The molecule has 4 heteroatoms. The fourth-order valence-electron chi connectivity index (χ4n) is 2.08. The topological polar surface area (TPSA) is 32.3 Å². The zero-order valence-corrected chi connectivity index (χ0v) is 11.9. The van der Waals surface area contributed by atoms with Crippen LogP contribution >= 0.6 is 11.6 Å². The molecule has 18 heavy (non-hydrogen) atoms. The molecule has 0 aliphatic carbocycles. The molecule has 0 fully saturated rings. The molecule has 1 aromatic carbocycles. The van der Waals surface area contributed by atoms with E-state index in [9.17, 15) is 9.50 Å². The summed E-state index contributed by atoms with van der Waals surface area (Å²) in [5, 5.41) is 13.7. The van der Waals surface area contributed by atoms with Gasteiger partial charge in [-0.3, -0.25) is 0 Å². The van der Waals surface area contributed by atoms with E-state index in [4.69, 9.17) is 11.6 Å². The maximum absolute atomic E-state index is 12.9. The molecule has 0 aliphatic heterocycles. The van der Waals surface area contributed by atoms with Gasteiger partial charge in [0.25, 0.3) is 0 Å². The van der Waals surface area contributed by atoms with Crippen molar-refractivity contribution in [3.63, 3.8) is 0 Å². The highest BCUT2D eigenvalue weighted by molar-refractivity contribution is 6.31. The summed E-state index contributed by atoms with van der Waals surface area (Å²) in [6.45, 7) is 6.97. The third-order valence-electron chi connectivity index (χ3n) is 2.68. The van der Waals surface area contributed by atoms with E-state index in [1.54, 1.807) is 6.07 Å². The Morgan fingerprint density at radius 2 is 2.11 bits per heavy atom. The second-order valence-corrected chi connectivity index (χ2v) is 5.84. The molecule has 1 rings (SSSR count). The first kappa shape index (κ1) is 15.4. The average molecular weight is 274 g/mol. The Labute approximate surface area is 113 Å². The maximum Gasteiger partial charge on any atom is 0.124 e. The van der Waals surface area contributed by atoms with Gasteiger partial charge in [0, 0.05) is 18.1 Å². The van der Waals surface area contributed by atoms with Gasteiger partial charge in [-0.15, -0.1) is 0 Å². The standard InChI is InChI=1S/C14H21ClFNO/c1-10(2)7-14(3,18)9-17-8-11-4-5-12(16)6-13(11)15/h4-6,10,17-18H,7-9H2,1-3H3. The second-order valence-electron chi connectivity index (χ2n) is 5.43. The summed E-state index contributed by atoms with van der Waals surface area (Å²) in [7, 11) is 0. The third-order valence-corrected chi connectivity index (χ3v) is 3.04. The molecule has 1 atom stereocenters. The zero-order chi connectivity index (χ0) is 13.8. The molecule has 0 bridgehead atoms. The van der Waals surface area contributed by atoms with E-state index in [1.807, 2.05) is 6.92 Å². The van der Waals surface area contributed by atoms with Crippen LogP contribution in [0.4, 0.5) is 4.39 Å². The minimum absolute atomic E-state index is 0.337. The molecule has 0 heterocycles. The lowest BCUT2D eigenvalue weighted by Gasteiger charge is -2.25. The lowest BCUT2D eigenvalue weighted by atomic mass is 9.94. The summed E-state index contributed by atoms with van der Waals surface area (Å²) in [4.78, 5) is 0. The Balaban J connectivity index is 2.46. The summed E-state index contributed by atoms with van der Waals surface area (Å²) < 4.78 is 12.9. The molecule has 0 spiro atoms. The van der Waals surface area contributed by atoms with Crippen molar-refractivity contribution in [3.8, 4) is 0 Å². The Bertz CT molecular complexity index is 393. The number of rotatable bonds is 6. The minimum Gasteiger partial charge on any atom is -0.389 e. The van der Waals surface area contributed by atoms with E-state index in [1.165, 1.54) is 12.1 Å². The van der Waals surface area contributed by atoms with Crippen LogP contribution in [0, 0.1) is 11.7 Å². The van der Waals surface area contributed by atoms with Gasteiger partial charge in [-0.05, 0) is 37.0 Å². The predicted octanol–water partition coefficient (Wildman–Crippen LogP) is 3.37. The van der Waals surface area contributed by atoms with Gasteiger partial charge in [0.2, 0.25) is 0 Å². The first-order chi connectivity index (χ1) is 8.30. The van der Waals surface area contributed by atoms with Crippen molar-refractivity contribution in [3.05, 3.63) is 34.6 Å². The number of halogens is 2.